The second kappa shape index (κ2) is 7.72. The molecule has 2 fully saturated rings. The number of rotatable bonds is 3. The maximum atomic E-state index is 12.2. The normalized spacial score (nSPS) is 20.2. The SMILES string of the molecule is O=C1CCC(c2cccc(-c3ccc(N4CCCCC4=O)nc3)c2Cl)C(=O)N1. The average molecular weight is 398 g/mol. The number of hydrogen-bond acceptors (Lipinski definition) is 4. The van der Waals surface area contributed by atoms with E-state index in [0.29, 0.717) is 42.2 Å². The molecule has 144 valence electrons. The third kappa shape index (κ3) is 3.52. The molecule has 0 aliphatic carbocycles. The van der Waals surface area contributed by atoms with Gasteiger partial charge < -0.3 is 0 Å². The van der Waals surface area contributed by atoms with E-state index in [9.17, 15) is 14.4 Å². The zero-order valence-corrected chi connectivity index (χ0v) is 16.0. The predicted molar refractivity (Wildman–Crippen MR) is 106 cm³/mol. The molecule has 2 aromatic rings. The molecule has 1 aromatic heterocycles. The van der Waals surface area contributed by atoms with Gasteiger partial charge in [-0.05, 0) is 37.0 Å². The van der Waals surface area contributed by atoms with E-state index in [2.05, 4.69) is 10.3 Å². The van der Waals surface area contributed by atoms with Gasteiger partial charge in [-0.15, -0.1) is 0 Å². The van der Waals surface area contributed by atoms with E-state index >= 15 is 0 Å². The molecule has 2 saturated heterocycles. The maximum Gasteiger partial charge on any atom is 0.234 e. The smallest absolute Gasteiger partial charge is 0.234 e. The largest absolute Gasteiger partial charge is 0.297 e. The van der Waals surface area contributed by atoms with Crippen LogP contribution in [-0.4, -0.2) is 29.3 Å². The minimum atomic E-state index is -0.441. The first-order valence-corrected chi connectivity index (χ1v) is 9.81. The highest BCUT2D eigenvalue weighted by molar-refractivity contribution is 6.34. The van der Waals surface area contributed by atoms with Gasteiger partial charge in [0.2, 0.25) is 17.7 Å². The number of carbonyl (C=O) groups excluding carboxylic acids is 3. The summed E-state index contributed by atoms with van der Waals surface area (Å²) in [6, 6.07) is 9.26. The number of nitrogens with zero attached hydrogens (tertiary/aromatic N) is 2. The number of anilines is 1. The molecule has 4 rings (SSSR count). The Morgan fingerprint density at radius 3 is 2.64 bits per heavy atom. The number of carbonyl (C=O) groups is 3. The van der Waals surface area contributed by atoms with Crippen LogP contribution >= 0.6 is 11.6 Å². The third-order valence-electron chi connectivity index (χ3n) is 5.30. The molecule has 0 bridgehead atoms. The van der Waals surface area contributed by atoms with Gasteiger partial charge in [-0.2, -0.15) is 0 Å². The van der Waals surface area contributed by atoms with E-state index in [4.69, 9.17) is 11.6 Å². The first-order valence-electron chi connectivity index (χ1n) is 9.43. The van der Waals surface area contributed by atoms with Crippen molar-refractivity contribution >= 4 is 35.1 Å². The number of aromatic nitrogens is 1. The molecular weight excluding hydrogens is 378 g/mol. The molecule has 7 heteroatoms. The molecule has 28 heavy (non-hydrogen) atoms. The third-order valence-corrected chi connectivity index (χ3v) is 5.72. The number of nitrogens with one attached hydrogen (secondary N) is 1. The molecule has 2 aliphatic rings. The summed E-state index contributed by atoms with van der Waals surface area (Å²) in [6.45, 7) is 0.691. The fourth-order valence-corrected chi connectivity index (χ4v) is 4.15. The van der Waals surface area contributed by atoms with Gasteiger partial charge in [0.1, 0.15) is 5.82 Å². The van der Waals surface area contributed by atoms with Crippen molar-refractivity contribution in [2.75, 3.05) is 11.4 Å². The lowest BCUT2D eigenvalue weighted by molar-refractivity contribution is -0.134. The monoisotopic (exact) mass is 397 g/mol. The van der Waals surface area contributed by atoms with Gasteiger partial charge in [0.25, 0.3) is 0 Å². The van der Waals surface area contributed by atoms with E-state index in [1.807, 2.05) is 30.3 Å². The minimum absolute atomic E-state index is 0.101. The van der Waals surface area contributed by atoms with Gasteiger partial charge >= 0.3 is 0 Å². The van der Waals surface area contributed by atoms with Gasteiger partial charge in [0.15, 0.2) is 0 Å². The van der Waals surface area contributed by atoms with Crippen LogP contribution in [0.25, 0.3) is 11.1 Å². The van der Waals surface area contributed by atoms with Gasteiger partial charge in [-0.1, -0.05) is 29.8 Å². The van der Waals surface area contributed by atoms with Crippen LogP contribution in [0, 0.1) is 0 Å². The second-order valence-electron chi connectivity index (χ2n) is 7.12. The fraction of sp³-hybridized carbons (Fsp3) is 0.333. The van der Waals surface area contributed by atoms with Crippen molar-refractivity contribution in [2.24, 2.45) is 0 Å². The molecule has 0 spiro atoms. The Kier molecular flexibility index (Phi) is 5.13. The summed E-state index contributed by atoms with van der Waals surface area (Å²) in [6.07, 6.45) is 4.92. The molecule has 1 N–H and O–H groups in total. The topological polar surface area (TPSA) is 79.4 Å². The zero-order valence-electron chi connectivity index (χ0n) is 15.3. The number of halogens is 1. The molecule has 0 radical (unpaired) electrons. The summed E-state index contributed by atoms with van der Waals surface area (Å²) >= 11 is 6.63. The molecule has 6 nitrogen and oxygen atoms in total. The Morgan fingerprint density at radius 1 is 1.07 bits per heavy atom. The minimum Gasteiger partial charge on any atom is -0.297 e. The summed E-state index contributed by atoms with van der Waals surface area (Å²) in [5, 5.41) is 2.86. The summed E-state index contributed by atoms with van der Waals surface area (Å²) in [5.41, 5.74) is 2.29. The first-order chi connectivity index (χ1) is 13.5. The Bertz CT molecular complexity index is 942. The Labute approximate surface area is 167 Å². The second-order valence-corrected chi connectivity index (χ2v) is 7.50. The van der Waals surface area contributed by atoms with Gasteiger partial charge in [-0.25, -0.2) is 4.98 Å². The van der Waals surface area contributed by atoms with Crippen molar-refractivity contribution in [3.8, 4) is 11.1 Å². The molecule has 3 amide bonds. The Hall–Kier alpha value is -2.73. The Balaban J connectivity index is 1.62. The van der Waals surface area contributed by atoms with Crippen LogP contribution in [0.15, 0.2) is 36.5 Å². The summed E-state index contributed by atoms with van der Waals surface area (Å²) in [7, 11) is 0. The zero-order chi connectivity index (χ0) is 19.7. The lowest BCUT2D eigenvalue weighted by atomic mass is 9.88. The van der Waals surface area contributed by atoms with E-state index in [1.54, 1.807) is 11.1 Å². The van der Waals surface area contributed by atoms with Crippen LogP contribution in [-0.2, 0) is 14.4 Å². The fourth-order valence-electron chi connectivity index (χ4n) is 3.79. The van der Waals surface area contributed by atoms with E-state index in [1.165, 1.54) is 0 Å². The summed E-state index contributed by atoms with van der Waals surface area (Å²) in [5.74, 6) is -0.258. The predicted octanol–water partition coefficient (Wildman–Crippen LogP) is 3.44. The number of benzene rings is 1. The summed E-state index contributed by atoms with van der Waals surface area (Å²) < 4.78 is 0. The van der Waals surface area contributed by atoms with E-state index in [0.717, 1.165) is 24.0 Å². The lowest BCUT2D eigenvalue weighted by Gasteiger charge is -2.26. The number of imide groups is 1. The molecule has 1 atom stereocenters. The van der Waals surface area contributed by atoms with Crippen molar-refractivity contribution in [3.63, 3.8) is 0 Å². The maximum absolute atomic E-state index is 12.2. The highest BCUT2D eigenvalue weighted by Gasteiger charge is 2.30. The number of pyridine rings is 1. The van der Waals surface area contributed by atoms with E-state index < -0.39 is 5.92 Å². The number of amides is 3. The van der Waals surface area contributed by atoms with Crippen LogP contribution in [0.3, 0.4) is 0 Å². The standard InChI is InChI=1S/C21H20ClN3O3/c22-20-14(4-3-5-15(20)16-8-10-18(26)24-21(16)28)13-7-9-17(23-12-13)25-11-2-1-6-19(25)27/h3-5,7,9,12,16H,1-2,6,8,10-11H2,(H,24,26,28). The molecule has 1 unspecified atom stereocenters. The van der Waals surface area contributed by atoms with Crippen LogP contribution in [0.5, 0.6) is 0 Å². The highest BCUT2D eigenvalue weighted by Crippen LogP contribution is 2.37. The van der Waals surface area contributed by atoms with Crippen molar-refractivity contribution in [1.29, 1.82) is 0 Å². The average Bonchev–Trinajstić information content (AvgIpc) is 2.69. The van der Waals surface area contributed by atoms with E-state index in [-0.39, 0.29) is 17.7 Å². The summed E-state index contributed by atoms with van der Waals surface area (Å²) in [4.78, 5) is 41.9. The van der Waals surface area contributed by atoms with Gasteiger partial charge in [0, 0.05) is 36.7 Å². The van der Waals surface area contributed by atoms with Crippen LogP contribution < -0.4 is 10.2 Å². The van der Waals surface area contributed by atoms with Crippen LogP contribution in [0.2, 0.25) is 5.02 Å². The molecule has 0 saturated carbocycles. The first kappa shape index (κ1) is 18.6. The molecule has 2 aliphatic heterocycles. The van der Waals surface area contributed by atoms with Crippen molar-refractivity contribution in [3.05, 3.63) is 47.1 Å². The molecular formula is C21H20ClN3O3. The van der Waals surface area contributed by atoms with Gasteiger partial charge in [-0.3, -0.25) is 24.6 Å². The number of hydrogen-bond donors (Lipinski definition) is 1. The van der Waals surface area contributed by atoms with Crippen molar-refractivity contribution < 1.29 is 14.4 Å². The number of piperidine rings is 2. The van der Waals surface area contributed by atoms with Crippen LogP contribution in [0.4, 0.5) is 5.82 Å². The lowest BCUT2D eigenvalue weighted by Crippen LogP contribution is -2.39. The van der Waals surface area contributed by atoms with Gasteiger partial charge in [0.05, 0.1) is 10.9 Å². The highest BCUT2D eigenvalue weighted by atomic mass is 35.5. The molecule has 3 heterocycles. The quantitative estimate of drug-likeness (QED) is 0.804. The van der Waals surface area contributed by atoms with Crippen molar-refractivity contribution in [1.82, 2.24) is 10.3 Å². The Morgan fingerprint density at radius 2 is 1.93 bits per heavy atom. The van der Waals surface area contributed by atoms with Crippen LogP contribution in [0.1, 0.15) is 43.6 Å². The van der Waals surface area contributed by atoms with Crippen molar-refractivity contribution in [2.45, 2.75) is 38.0 Å². The molecule has 1 aromatic carbocycles.